The van der Waals surface area contributed by atoms with Crippen LogP contribution in [0.3, 0.4) is 0 Å². The molecule has 0 aliphatic carbocycles. The molecule has 0 bridgehead atoms. The second-order valence-corrected chi connectivity index (χ2v) is 6.16. The highest BCUT2D eigenvalue weighted by atomic mass is 31.2. The zero-order valence-electron chi connectivity index (χ0n) is 12.9. The number of amides is 2. The number of carbonyl (C=O) groups excluding carboxylic acids is 3. The van der Waals surface area contributed by atoms with Gasteiger partial charge < -0.3 is 24.6 Å². The highest BCUT2D eigenvalue weighted by Gasteiger charge is 2.18. The van der Waals surface area contributed by atoms with Crippen LogP contribution in [-0.2, 0) is 23.2 Å². The van der Waals surface area contributed by atoms with E-state index in [1.807, 2.05) is 0 Å². The summed E-state index contributed by atoms with van der Waals surface area (Å²) in [5, 5.41) is 4.91. The standard InChI is InChI=1S/C12H23N2O7P.CH4.2H2/c1-9(15)8-11(10(2)16)14-12(17)13-6-4-5-7-21-22(18,19)20-3;;;/h11H,4-8H2,1-3H3,(H,18,19)(H2,13,14,17);1H4;2*1H/p-1. The maximum atomic E-state index is 11.5. The number of unbranched alkanes of at least 4 members (excludes halogenated alkanes) is 1. The molecule has 0 rings (SSSR count). The van der Waals surface area contributed by atoms with Crippen LogP contribution in [0, 0.1) is 0 Å². The molecule has 0 aromatic rings. The summed E-state index contributed by atoms with van der Waals surface area (Å²) in [7, 11) is -3.20. The summed E-state index contributed by atoms with van der Waals surface area (Å²) in [5.74, 6) is -0.498. The van der Waals surface area contributed by atoms with Crippen LogP contribution in [0.25, 0.3) is 0 Å². The summed E-state index contributed by atoms with van der Waals surface area (Å²) in [6.07, 6.45) is 0.834. The fourth-order valence-corrected chi connectivity index (χ4v) is 1.91. The van der Waals surface area contributed by atoms with Gasteiger partial charge in [-0.3, -0.25) is 14.2 Å². The van der Waals surface area contributed by atoms with E-state index in [2.05, 4.69) is 19.7 Å². The van der Waals surface area contributed by atoms with E-state index < -0.39 is 19.9 Å². The number of rotatable bonds is 11. The van der Waals surface area contributed by atoms with Gasteiger partial charge in [-0.15, -0.1) is 0 Å². The van der Waals surface area contributed by atoms with Crippen molar-refractivity contribution in [1.82, 2.24) is 10.6 Å². The molecule has 0 aliphatic heterocycles. The molecule has 0 spiro atoms. The number of nitrogens with one attached hydrogen (secondary N) is 2. The molecule has 0 aliphatic rings. The van der Waals surface area contributed by atoms with Gasteiger partial charge in [-0.25, -0.2) is 4.79 Å². The van der Waals surface area contributed by atoms with Crippen molar-refractivity contribution in [3.8, 4) is 0 Å². The molecule has 2 N–H and O–H groups in total. The van der Waals surface area contributed by atoms with Gasteiger partial charge in [-0.05, 0) is 26.7 Å². The first-order valence-electron chi connectivity index (χ1n) is 6.73. The molecule has 9 nitrogen and oxygen atoms in total. The molecule has 23 heavy (non-hydrogen) atoms. The average molecular weight is 357 g/mol. The van der Waals surface area contributed by atoms with Crippen LogP contribution in [0.15, 0.2) is 0 Å². The third kappa shape index (κ3) is 12.9. The molecule has 10 heteroatoms. The molecular weight excluding hydrogens is 327 g/mol. The Morgan fingerprint density at radius 2 is 1.87 bits per heavy atom. The minimum atomic E-state index is -4.20. The van der Waals surface area contributed by atoms with Crippen LogP contribution in [0.2, 0.25) is 0 Å². The first kappa shape index (κ1) is 24.0. The van der Waals surface area contributed by atoms with Crippen molar-refractivity contribution in [3.63, 3.8) is 0 Å². The number of hydrogen-bond donors (Lipinski definition) is 2. The lowest BCUT2D eigenvalue weighted by Gasteiger charge is -2.20. The van der Waals surface area contributed by atoms with Gasteiger partial charge in [0, 0.05) is 22.9 Å². The van der Waals surface area contributed by atoms with Crippen LogP contribution < -0.4 is 15.5 Å². The van der Waals surface area contributed by atoms with Crippen molar-refractivity contribution in [2.75, 3.05) is 20.3 Å². The van der Waals surface area contributed by atoms with Crippen LogP contribution in [0.5, 0.6) is 0 Å². The molecule has 140 valence electrons. The van der Waals surface area contributed by atoms with Crippen LogP contribution in [0.4, 0.5) is 4.79 Å². The molecule has 0 aromatic heterocycles. The number of ketones is 2. The van der Waals surface area contributed by atoms with E-state index in [-0.39, 0.29) is 41.4 Å². The van der Waals surface area contributed by atoms with E-state index in [1.165, 1.54) is 13.8 Å². The molecular formula is C13H30N2O7P-. The molecule has 0 saturated carbocycles. The molecule has 2 unspecified atom stereocenters. The van der Waals surface area contributed by atoms with Gasteiger partial charge >= 0.3 is 6.03 Å². The van der Waals surface area contributed by atoms with Crippen molar-refractivity contribution >= 4 is 25.4 Å². The summed E-state index contributed by atoms with van der Waals surface area (Å²) in [6.45, 7) is 2.86. The first-order chi connectivity index (χ1) is 10.2. The second-order valence-electron chi connectivity index (χ2n) is 4.64. The molecule has 0 saturated heterocycles. The van der Waals surface area contributed by atoms with Gasteiger partial charge in [0.05, 0.1) is 12.6 Å². The van der Waals surface area contributed by atoms with Crippen molar-refractivity contribution in [2.45, 2.75) is 46.6 Å². The Balaban J connectivity index is -0.000000735. The van der Waals surface area contributed by atoms with Crippen molar-refractivity contribution in [1.29, 1.82) is 0 Å². The Labute approximate surface area is 139 Å². The van der Waals surface area contributed by atoms with E-state index in [0.717, 1.165) is 7.11 Å². The zero-order chi connectivity index (χ0) is 17.2. The topological polar surface area (TPSA) is 134 Å². The summed E-state index contributed by atoms with van der Waals surface area (Å²) >= 11 is 0. The highest BCUT2D eigenvalue weighted by Crippen LogP contribution is 2.36. The quantitative estimate of drug-likeness (QED) is 0.420. The molecule has 0 heterocycles. The van der Waals surface area contributed by atoms with Gasteiger partial charge in [0.1, 0.15) is 5.78 Å². The lowest BCUT2D eigenvalue weighted by Crippen LogP contribution is -2.46. The second kappa shape index (κ2) is 12.2. The predicted molar refractivity (Wildman–Crippen MR) is 87.1 cm³/mol. The Bertz CT molecular complexity index is 452. The minimum Gasteiger partial charge on any atom is -0.756 e. The average Bonchev–Trinajstić information content (AvgIpc) is 2.41. The van der Waals surface area contributed by atoms with E-state index in [1.54, 1.807) is 0 Å². The third-order valence-corrected chi connectivity index (χ3v) is 3.56. The Hall–Kier alpha value is -1.28. The number of hydrogen-bond acceptors (Lipinski definition) is 7. The fraction of sp³-hybridized carbons (Fsp3) is 0.769. The molecule has 0 radical (unpaired) electrons. The van der Waals surface area contributed by atoms with Crippen LogP contribution in [0.1, 0.15) is 43.4 Å². The van der Waals surface area contributed by atoms with E-state index >= 15 is 0 Å². The van der Waals surface area contributed by atoms with Crippen LogP contribution >= 0.6 is 7.82 Å². The number of carbonyl (C=O) groups is 3. The zero-order valence-corrected chi connectivity index (χ0v) is 13.8. The fourth-order valence-electron chi connectivity index (χ4n) is 1.45. The van der Waals surface area contributed by atoms with E-state index in [4.69, 9.17) is 0 Å². The predicted octanol–water partition coefficient (Wildman–Crippen LogP) is 1.26. The maximum absolute atomic E-state index is 11.5. The lowest BCUT2D eigenvalue weighted by molar-refractivity contribution is -0.223. The maximum Gasteiger partial charge on any atom is 0.315 e. The number of phosphoric acid groups is 1. The lowest BCUT2D eigenvalue weighted by atomic mass is 10.1. The van der Waals surface area contributed by atoms with Crippen molar-refractivity contribution < 1.29 is 35.7 Å². The number of Topliss-reactive ketones (excluding diaryl/α,β-unsaturated/α-hetero) is 2. The summed E-state index contributed by atoms with van der Waals surface area (Å²) in [4.78, 5) is 44.7. The van der Waals surface area contributed by atoms with Crippen molar-refractivity contribution in [3.05, 3.63) is 0 Å². The Morgan fingerprint density at radius 3 is 2.35 bits per heavy atom. The molecule has 2 amide bonds. The largest absolute Gasteiger partial charge is 0.756 e. The van der Waals surface area contributed by atoms with Gasteiger partial charge in [-0.1, -0.05) is 7.43 Å². The van der Waals surface area contributed by atoms with Gasteiger partial charge in [0.2, 0.25) is 0 Å². The van der Waals surface area contributed by atoms with Gasteiger partial charge in [0.25, 0.3) is 7.82 Å². The summed E-state index contributed by atoms with van der Waals surface area (Å²) in [6, 6.07) is -1.40. The highest BCUT2D eigenvalue weighted by molar-refractivity contribution is 7.45. The number of phosphoric ester groups is 1. The normalized spacial score (nSPS) is 14.1. The molecule has 2 atom stereocenters. The smallest absolute Gasteiger partial charge is 0.315 e. The van der Waals surface area contributed by atoms with Gasteiger partial charge in [-0.2, -0.15) is 0 Å². The molecule has 0 aromatic carbocycles. The third-order valence-electron chi connectivity index (χ3n) is 2.62. The van der Waals surface area contributed by atoms with Crippen LogP contribution in [-0.4, -0.2) is 43.9 Å². The molecule has 0 fully saturated rings. The SMILES string of the molecule is C.COP(=O)([O-])OCCCCNC(=O)NC(CC(C)=O)C(C)=O.[HH].[HH]. The first-order valence-corrected chi connectivity index (χ1v) is 8.19. The Kier molecular flexibility index (Phi) is 12.7. The minimum absolute atomic E-state index is 0. The van der Waals surface area contributed by atoms with E-state index in [9.17, 15) is 23.8 Å². The van der Waals surface area contributed by atoms with Gasteiger partial charge in [0.15, 0.2) is 5.78 Å². The van der Waals surface area contributed by atoms with Crippen molar-refractivity contribution in [2.24, 2.45) is 0 Å². The number of urea groups is 1. The summed E-state index contributed by atoms with van der Waals surface area (Å²) in [5.41, 5.74) is 0. The summed E-state index contributed by atoms with van der Waals surface area (Å²) < 4.78 is 19.5. The Morgan fingerprint density at radius 1 is 1.26 bits per heavy atom. The van der Waals surface area contributed by atoms with E-state index in [0.29, 0.717) is 12.8 Å². The monoisotopic (exact) mass is 357 g/mol.